The van der Waals surface area contributed by atoms with Crippen LogP contribution < -0.4 is 16.6 Å². The zero-order valence-electron chi connectivity index (χ0n) is 30.0. The number of rotatable bonds is 22. The van der Waals surface area contributed by atoms with Crippen molar-refractivity contribution in [3.05, 3.63) is 22.1 Å². The van der Waals surface area contributed by atoms with Crippen molar-refractivity contribution in [2.45, 2.75) is 69.6 Å². The lowest BCUT2D eigenvalue weighted by atomic mass is 10.1. The van der Waals surface area contributed by atoms with Gasteiger partial charge < -0.3 is 54.1 Å². The minimum atomic E-state index is -5.76. The second kappa shape index (κ2) is 21.6. The van der Waals surface area contributed by atoms with Crippen LogP contribution in [0.5, 0.6) is 0 Å². The Balaban J connectivity index is 1.63. The lowest BCUT2D eigenvalue weighted by molar-refractivity contribution is -0.0522. The van der Waals surface area contributed by atoms with Gasteiger partial charge in [-0.2, -0.15) is 13.6 Å². The molecule has 0 bridgehead atoms. The number of nitrogens with zero attached hydrogens (tertiary/aromatic N) is 2. The average molecular weight is 916 g/mol. The molecule has 0 radical (unpaired) electrons. The number of fused-ring (bicyclic) bond motifs is 1. The number of phosphoric ester groups is 1. The predicted octanol–water partition coefficient (Wildman–Crippen LogP) is 3.39. The normalized spacial score (nSPS) is 20.3. The number of nitrogens with two attached hydrogens (primary N) is 1. The number of unbranched alkanes of at least 4 members (excludes halogenated alkanes) is 1. The van der Waals surface area contributed by atoms with Crippen LogP contribution in [0.15, 0.2) is 11.0 Å². The minimum Gasteiger partial charge on any atom is -0.450 e. The maximum absolute atomic E-state index is 13.0. The number of aromatic amines is 1. The molecule has 2 aromatic rings. The summed E-state index contributed by atoms with van der Waals surface area (Å²) in [7, 11) is -14.0. The van der Waals surface area contributed by atoms with Crippen molar-refractivity contribution < 1.29 is 70.2 Å². The SMILES string of the molecule is CCC(C)(C)SSCOCCCCOC(=O)NCC#Cc1cn([C@H]2C[C@H](OCS(C)=S)[C@@H](COP(=O)(O)OP(=O)(O)OP(=O)(O)O)O2)c2nc(N)[nH]c(=O)c12. The van der Waals surface area contributed by atoms with Gasteiger partial charge in [-0.05, 0) is 50.6 Å². The summed E-state index contributed by atoms with van der Waals surface area (Å²) in [5.41, 5.74) is 5.44. The second-order valence-corrected chi connectivity index (χ2v) is 22.5. The third-order valence-corrected chi connectivity index (χ3v) is 14.9. The van der Waals surface area contributed by atoms with Gasteiger partial charge in [-0.1, -0.05) is 49.8 Å². The van der Waals surface area contributed by atoms with E-state index in [4.69, 9.17) is 50.2 Å². The second-order valence-electron chi connectivity index (χ2n) is 12.1. The molecule has 312 valence electrons. The molecule has 0 aliphatic carbocycles. The molecule has 1 amide bonds. The number of hydrogen-bond donors (Lipinski definition) is 7. The van der Waals surface area contributed by atoms with Crippen LogP contribution in [0.4, 0.5) is 10.7 Å². The summed E-state index contributed by atoms with van der Waals surface area (Å²) in [6.45, 7) is 6.30. The zero-order valence-corrected chi connectivity index (χ0v) is 36.0. The summed E-state index contributed by atoms with van der Waals surface area (Å²) >= 11 is 5.19. The fourth-order valence-corrected chi connectivity index (χ4v) is 10.3. The van der Waals surface area contributed by atoms with Crippen LogP contribution in [0.1, 0.15) is 58.2 Å². The van der Waals surface area contributed by atoms with Gasteiger partial charge in [-0.25, -0.2) is 18.5 Å². The molecule has 6 atom stereocenters. The molecule has 2 aromatic heterocycles. The Morgan fingerprint density at radius 1 is 1.22 bits per heavy atom. The van der Waals surface area contributed by atoms with E-state index in [1.54, 1.807) is 27.8 Å². The van der Waals surface area contributed by atoms with Crippen LogP contribution in [-0.2, 0) is 66.4 Å². The largest absolute Gasteiger partial charge is 0.490 e. The van der Waals surface area contributed by atoms with Crippen molar-refractivity contribution in [3.63, 3.8) is 0 Å². The van der Waals surface area contributed by atoms with E-state index < -0.39 is 69.6 Å². The van der Waals surface area contributed by atoms with E-state index in [0.29, 0.717) is 25.4 Å². The molecule has 0 spiro atoms. The topological polar surface area (TPSA) is 303 Å². The van der Waals surface area contributed by atoms with Crippen LogP contribution in [0.25, 0.3) is 11.0 Å². The molecule has 0 aromatic carbocycles. The van der Waals surface area contributed by atoms with Gasteiger partial charge in [-0.3, -0.25) is 14.3 Å². The number of carbonyl (C=O) groups excluding carboxylic acids is 1. The number of aromatic nitrogens is 3. The van der Waals surface area contributed by atoms with Crippen LogP contribution in [0, 0.1) is 11.8 Å². The Morgan fingerprint density at radius 3 is 2.60 bits per heavy atom. The number of alkyl carbamates (subject to hydrolysis) is 1. The molecule has 0 saturated carbocycles. The van der Waals surface area contributed by atoms with Gasteiger partial charge in [0, 0.05) is 24.0 Å². The van der Waals surface area contributed by atoms with E-state index in [1.807, 2.05) is 0 Å². The molecule has 3 heterocycles. The molecule has 1 aliphatic rings. The molecule has 3 rings (SSSR count). The number of nitrogen functional groups attached to an aromatic ring is 1. The van der Waals surface area contributed by atoms with E-state index in [1.165, 1.54) is 10.8 Å². The number of H-pyrrole nitrogens is 1. The highest BCUT2D eigenvalue weighted by Gasteiger charge is 2.44. The van der Waals surface area contributed by atoms with E-state index >= 15 is 0 Å². The summed E-state index contributed by atoms with van der Waals surface area (Å²) in [6, 6.07) is 0. The molecule has 3 unspecified atom stereocenters. The fraction of sp³-hybridized carbons (Fsp3) is 0.667. The summed E-state index contributed by atoms with van der Waals surface area (Å²) < 4.78 is 71.7. The Kier molecular flexibility index (Phi) is 18.8. The van der Waals surface area contributed by atoms with Gasteiger partial charge in [0.05, 0.1) is 42.8 Å². The molecule has 8 N–H and O–H groups in total. The van der Waals surface area contributed by atoms with E-state index in [0.717, 1.165) is 6.42 Å². The Morgan fingerprint density at radius 2 is 1.93 bits per heavy atom. The standard InChI is InChI=1S/C27H44N5O16P3S4/c1-5-27(2,3)54-53-16-42-11-6-7-12-43-26(34)29-10-8-9-18-14-32(23-22(18)24(33)31-25(28)30-23)21-13-19(44-17-55(4)52)20(46-21)15-45-50(38,39)48-51(40,41)47-49(35,36)37/h14,19-21H,5-7,10-13,15-17H2,1-4H3,(H,29,34)(H,38,39)(H,40,41)(H2,35,36,37)(H3,28,30,31,33)/t19-,20+,21+,55?/m0/s1. The highest BCUT2D eigenvalue weighted by Crippen LogP contribution is 2.66. The van der Waals surface area contributed by atoms with Gasteiger partial charge in [0.1, 0.15) is 18.3 Å². The predicted molar refractivity (Wildman–Crippen MR) is 209 cm³/mol. The molecule has 21 nitrogen and oxygen atoms in total. The van der Waals surface area contributed by atoms with E-state index in [2.05, 4.69) is 56.5 Å². The highest BCUT2D eigenvalue weighted by molar-refractivity contribution is 8.77. The Bertz CT molecular complexity index is 1920. The first-order chi connectivity index (χ1) is 25.6. The zero-order chi connectivity index (χ0) is 41.0. The number of amides is 1. The maximum Gasteiger partial charge on any atom is 0.490 e. The van der Waals surface area contributed by atoms with Gasteiger partial charge in [0.15, 0.2) is 5.65 Å². The average Bonchev–Trinajstić information content (AvgIpc) is 3.63. The van der Waals surface area contributed by atoms with Gasteiger partial charge in [0.2, 0.25) is 5.95 Å². The number of ether oxygens (including phenoxy) is 4. The first kappa shape index (κ1) is 48.0. The van der Waals surface area contributed by atoms with E-state index in [9.17, 15) is 33.1 Å². The van der Waals surface area contributed by atoms with Gasteiger partial charge in [-0.15, -0.1) is 0 Å². The molecular weight excluding hydrogens is 872 g/mol. The van der Waals surface area contributed by atoms with E-state index in [-0.39, 0.29) is 52.8 Å². The lowest BCUT2D eigenvalue weighted by Crippen LogP contribution is -2.29. The molecular formula is C27H44N5O16P3S4. The summed E-state index contributed by atoms with van der Waals surface area (Å²) in [5, 5.41) is 2.55. The Labute approximate surface area is 331 Å². The van der Waals surface area contributed by atoms with Crippen molar-refractivity contribution in [2.75, 3.05) is 50.2 Å². The lowest BCUT2D eigenvalue weighted by Gasteiger charge is -2.21. The van der Waals surface area contributed by atoms with Crippen molar-refractivity contribution >= 4 is 88.8 Å². The monoisotopic (exact) mass is 915 g/mol. The summed E-state index contributed by atoms with van der Waals surface area (Å²) in [6.07, 6.45) is 1.90. The fourth-order valence-electron chi connectivity index (χ4n) is 4.45. The molecule has 1 fully saturated rings. The third kappa shape index (κ3) is 17.2. The maximum atomic E-state index is 13.0. The number of hydrogen-bond acceptors (Lipinski definition) is 17. The number of carbonyl (C=O) groups is 1. The number of anilines is 1. The quantitative estimate of drug-likeness (QED) is 0.0293. The van der Waals surface area contributed by atoms with Crippen LogP contribution >= 0.6 is 45.1 Å². The third-order valence-electron chi connectivity index (χ3n) is 7.19. The smallest absolute Gasteiger partial charge is 0.450 e. The van der Waals surface area contributed by atoms with Crippen LogP contribution in [0.2, 0.25) is 0 Å². The first-order valence-electron chi connectivity index (χ1n) is 16.1. The number of nitrogens with one attached hydrogen (secondary N) is 2. The first-order valence-corrected chi connectivity index (χ1v) is 25.7. The number of phosphoric acid groups is 3. The molecule has 1 saturated heterocycles. The van der Waals surface area contributed by atoms with Gasteiger partial charge >= 0.3 is 29.6 Å². The van der Waals surface area contributed by atoms with Crippen LogP contribution in [-0.4, -0.2) is 102 Å². The molecule has 28 heteroatoms. The van der Waals surface area contributed by atoms with Crippen molar-refractivity contribution in [2.24, 2.45) is 0 Å². The van der Waals surface area contributed by atoms with Crippen molar-refractivity contribution in [3.8, 4) is 11.8 Å². The molecule has 1 aliphatic heterocycles. The van der Waals surface area contributed by atoms with Gasteiger partial charge in [0.25, 0.3) is 5.56 Å². The molecule has 55 heavy (non-hydrogen) atoms. The Hall–Kier alpha value is -1.39. The summed E-state index contributed by atoms with van der Waals surface area (Å²) in [5.74, 6) is 5.98. The minimum absolute atomic E-state index is 0.0380. The van der Waals surface area contributed by atoms with Crippen molar-refractivity contribution in [1.82, 2.24) is 19.9 Å². The van der Waals surface area contributed by atoms with Crippen LogP contribution in [0.3, 0.4) is 0 Å². The van der Waals surface area contributed by atoms with Crippen molar-refractivity contribution in [1.29, 1.82) is 0 Å². The summed E-state index contributed by atoms with van der Waals surface area (Å²) in [4.78, 5) is 68.7. The highest BCUT2D eigenvalue weighted by atomic mass is 33.1.